The lowest BCUT2D eigenvalue weighted by Gasteiger charge is -2.33. The molecule has 0 saturated heterocycles. The van der Waals surface area contributed by atoms with Crippen LogP contribution in [0, 0.1) is 11.3 Å². The maximum atomic E-state index is 11.2. The third-order valence-electron chi connectivity index (χ3n) is 6.28. The van der Waals surface area contributed by atoms with Gasteiger partial charge in [0.1, 0.15) is 12.6 Å². The first-order valence-electron chi connectivity index (χ1n) is 12.1. The van der Waals surface area contributed by atoms with E-state index in [-0.39, 0.29) is 18.7 Å². The van der Waals surface area contributed by atoms with Crippen LogP contribution in [-0.4, -0.2) is 39.9 Å². The number of nitrogens with two attached hydrogens (primary N) is 1. The highest BCUT2D eigenvalue weighted by atomic mass is 16.5. The number of pyridine rings is 1. The number of benzene rings is 2. The molecule has 2 aromatic carbocycles. The maximum Gasteiger partial charge on any atom is 0.239 e. The van der Waals surface area contributed by atoms with Crippen molar-refractivity contribution in [2.45, 2.75) is 25.1 Å². The SMILES string of the molecule is N#Cc1ccc(CCN[C@H](c2ccccc2)[C@@H]2CNc3cc(-c4cnn(CC(N)=O)c4)cnc3O2)cc1. The fourth-order valence-corrected chi connectivity index (χ4v) is 4.41. The number of carbonyl (C=O) groups excluding carboxylic acids is 1. The Hall–Kier alpha value is -4.68. The van der Waals surface area contributed by atoms with Crippen molar-refractivity contribution in [3.8, 4) is 23.1 Å². The van der Waals surface area contributed by atoms with Gasteiger partial charge < -0.3 is 21.1 Å². The van der Waals surface area contributed by atoms with Gasteiger partial charge in [-0.1, -0.05) is 42.5 Å². The summed E-state index contributed by atoms with van der Waals surface area (Å²) in [7, 11) is 0. The number of rotatable bonds is 9. The summed E-state index contributed by atoms with van der Waals surface area (Å²) in [6.07, 6.45) is 5.85. The molecule has 2 atom stereocenters. The topological polar surface area (TPSA) is 131 Å². The summed E-state index contributed by atoms with van der Waals surface area (Å²) in [6, 6.07) is 22.0. The van der Waals surface area contributed by atoms with Crippen molar-refractivity contribution < 1.29 is 9.53 Å². The van der Waals surface area contributed by atoms with Gasteiger partial charge in [-0.15, -0.1) is 0 Å². The van der Waals surface area contributed by atoms with Crippen molar-refractivity contribution in [1.82, 2.24) is 20.1 Å². The minimum atomic E-state index is -0.446. The molecule has 9 nitrogen and oxygen atoms in total. The number of nitriles is 1. The fraction of sp³-hybridized carbons (Fsp3) is 0.214. The first kappa shape index (κ1) is 24.0. The number of anilines is 1. The molecule has 5 rings (SSSR count). The second kappa shape index (κ2) is 10.9. The largest absolute Gasteiger partial charge is 0.469 e. The standard InChI is InChI=1S/C28H27N7O2/c29-13-20-8-6-19(7-9-20)10-11-31-27(21-4-2-1-3-5-21)25-16-32-24-12-22(14-33-28(24)37-25)23-15-34-35(17-23)18-26(30)36/h1-9,12,14-15,17,25,27,31-32H,10-11,16,18H2,(H2,30,36)/t25-,27+/m0/s1. The molecule has 0 spiro atoms. The van der Waals surface area contributed by atoms with Gasteiger partial charge in [-0.3, -0.25) is 9.48 Å². The smallest absolute Gasteiger partial charge is 0.239 e. The summed E-state index contributed by atoms with van der Waals surface area (Å²) in [6.45, 7) is 1.38. The van der Waals surface area contributed by atoms with Crippen LogP contribution in [0.5, 0.6) is 5.88 Å². The van der Waals surface area contributed by atoms with Crippen LogP contribution in [0.3, 0.4) is 0 Å². The van der Waals surface area contributed by atoms with Crippen LogP contribution in [0.25, 0.3) is 11.1 Å². The lowest BCUT2D eigenvalue weighted by atomic mass is 9.99. The number of fused-ring (bicyclic) bond motifs is 1. The molecular formula is C28H27N7O2. The summed E-state index contributed by atoms with van der Waals surface area (Å²) < 4.78 is 7.88. The van der Waals surface area contributed by atoms with Crippen molar-refractivity contribution in [2.75, 3.05) is 18.4 Å². The molecule has 0 bridgehead atoms. The predicted molar refractivity (Wildman–Crippen MR) is 140 cm³/mol. The van der Waals surface area contributed by atoms with E-state index < -0.39 is 5.91 Å². The third kappa shape index (κ3) is 5.77. The lowest BCUT2D eigenvalue weighted by Crippen LogP contribution is -2.43. The highest BCUT2D eigenvalue weighted by Gasteiger charge is 2.29. The Morgan fingerprint density at radius 2 is 2.00 bits per heavy atom. The molecular weight excluding hydrogens is 466 g/mol. The van der Waals surface area contributed by atoms with Crippen molar-refractivity contribution in [3.05, 3.63) is 95.9 Å². The second-order valence-electron chi connectivity index (χ2n) is 8.91. The molecule has 186 valence electrons. The Morgan fingerprint density at radius 1 is 1.19 bits per heavy atom. The molecule has 1 aliphatic heterocycles. The van der Waals surface area contributed by atoms with Crippen molar-refractivity contribution in [3.63, 3.8) is 0 Å². The Balaban J connectivity index is 1.29. The molecule has 9 heteroatoms. The van der Waals surface area contributed by atoms with E-state index in [2.05, 4.69) is 38.9 Å². The number of amides is 1. The van der Waals surface area contributed by atoms with Gasteiger partial charge in [0, 0.05) is 23.5 Å². The van der Waals surface area contributed by atoms with Gasteiger partial charge in [-0.2, -0.15) is 10.4 Å². The fourth-order valence-electron chi connectivity index (χ4n) is 4.41. The van der Waals surface area contributed by atoms with Gasteiger partial charge in [0.05, 0.1) is 36.1 Å². The van der Waals surface area contributed by atoms with Gasteiger partial charge in [-0.25, -0.2) is 4.98 Å². The van der Waals surface area contributed by atoms with Crippen LogP contribution < -0.4 is 21.1 Å². The van der Waals surface area contributed by atoms with Crippen molar-refractivity contribution in [2.24, 2.45) is 5.73 Å². The third-order valence-corrected chi connectivity index (χ3v) is 6.28. The number of primary amides is 1. The second-order valence-corrected chi connectivity index (χ2v) is 8.91. The van der Waals surface area contributed by atoms with Gasteiger partial charge >= 0.3 is 0 Å². The zero-order valence-corrected chi connectivity index (χ0v) is 20.2. The van der Waals surface area contributed by atoms with Crippen LogP contribution in [0.4, 0.5) is 5.69 Å². The molecule has 4 N–H and O–H groups in total. The number of carbonyl (C=O) groups is 1. The Morgan fingerprint density at radius 3 is 2.76 bits per heavy atom. The van der Waals surface area contributed by atoms with Crippen LogP contribution >= 0.6 is 0 Å². The molecule has 0 unspecified atom stereocenters. The van der Waals surface area contributed by atoms with Crippen LogP contribution in [0.2, 0.25) is 0 Å². The van der Waals surface area contributed by atoms with Gasteiger partial charge in [0.15, 0.2) is 0 Å². The molecule has 4 aromatic rings. The molecule has 0 radical (unpaired) electrons. The first-order valence-corrected chi connectivity index (χ1v) is 12.1. The zero-order valence-electron chi connectivity index (χ0n) is 20.2. The van der Waals surface area contributed by atoms with E-state index in [1.165, 1.54) is 10.2 Å². The molecule has 0 aliphatic carbocycles. The van der Waals surface area contributed by atoms with Gasteiger partial charge in [0.2, 0.25) is 11.8 Å². The Labute approximate surface area is 214 Å². The summed E-state index contributed by atoms with van der Waals surface area (Å²) in [5, 5.41) is 20.3. The number of hydrogen-bond acceptors (Lipinski definition) is 7. The van der Waals surface area contributed by atoms with Crippen LogP contribution in [-0.2, 0) is 17.8 Å². The number of hydrogen-bond donors (Lipinski definition) is 3. The van der Waals surface area contributed by atoms with Crippen molar-refractivity contribution >= 4 is 11.6 Å². The van der Waals surface area contributed by atoms with Crippen LogP contribution in [0.15, 0.2) is 79.3 Å². The first-order chi connectivity index (χ1) is 18.1. The normalized spacial score (nSPS) is 15.1. The molecule has 2 aromatic heterocycles. The molecule has 3 heterocycles. The maximum absolute atomic E-state index is 11.2. The highest BCUT2D eigenvalue weighted by molar-refractivity contribution is 5.74. The molecule has 1 aliphatic rings. The molecule has 0 fully saturated rings. The molecule has 1 amide bonds. The van der Waals surface area contributed by atoms with Crippen LogP contribution in [0.1, 0.15) is 22.7 Å². The molecule has 0 saturated carbocycles. The highest BCUT2D eigenvalue weighted by Crippen LogP contribution is 2.34. The summed E-state index contributed by atoms with van der Waals surface area (Å²) >= 11 is 0. The van der Waals surface area contributed by atoms with E-state index in [4.69, 9.17) is 15.7 Å². The number of aromatic nitrogens is 3. The van der Waals surface area contributed by atoms with Crippen molar-refractivity contribution in [1.29, 1.82) is 5.26 Å². The van der Waals surface area contributed by atoms with Gasteiger partial charge in [0.25, 0.3) is 0 Å². The van der Waals surface area contributed by atoms with E-state index >= 15 is 0 Å². The number of ether oxygens (including phenoxy) is 1. The Kier molecular flexibility index (Phi) is 7.10. The number of nitrogens with one attached hydrogen (secondary N) is 2. The monoisotopic (exact) mass is 493 g/mol. The Bertz CT molecular complexity index is 1410. The van der Waals surface area contributed by atoms with E-state index in [1.54, 1.807) is 18.6 Å². The molecule has 37 heavy (non-hydrogen) atoms. The summed E-state index contributed by atoms with van der Waals surface area (Å²) in [5.41, 5.74) is 10.7. The number of nitrogens with zero attached hydrogens (tertiary/aromatic N) is 4. The van der Waals surface area contributed by atoms with Gasteiger partial charge in [-0.05, 0) is 42.3 Å². The summed E-state index contributed by atoms with van der Waals surface area (Å²) in [5.74, 6) is 0.0946. The zero-order chi connectivity index (χ0) is 25.6. The van der Waals surface area contributed by atoms with E-state index in [0.29, 0.717) is 18.0 Å². The lowest BCUT2D eigenvalue weighted by molar-refractivity contribution is -0.118. The average molecular weight is 494 g/mol. The quantitative estimate of drug-likeness (QED) is 0.327. The minimum absolute atomic E-state index is 0.0282. The van der Waals surface area contributed by atoms with E-state index in [1.807, 2.05) is 48.5 Å². The summed E-state index contributed by atoms with van der Waals surface area (Å²) in [4.78, 5) is 15.7. The van der Waals surface area contributed by atoms with E-state index in [0.717, 1.165) is 35.3 Å². The van der Waals surface area contributed by atoms with E-state index in [9.17, 15) is 4.79 Å². The minimum Gasteiger partial charge on any atom is -0.469 e. The average Bonchev–Trinajstić information content (AvgIpc) is 3.39. The predicted octanol–water partition coefficient (Wildman–Crippen LogP) is 3.05.